The molecule has 8 nitrogen and oxygen atoms in total. The number of hydrogen-bond acceptors (Lipinski definition) is 6. The monoisotopic (exact) mass is 603 g/mol. The number of likely N-dealkylation sites (tertiary alicyclic amines) is 1. The third-order valence-corrected chi connectivity index (χ3v) is 11.2. The molecule has 3 amide bonds. The van der Waals surface area contributed by atoms with Crippen LogP contribution in [-0.2, 0) is 14.4 Å². The molecule has 2 bridgehead atoms. The average molecular weight is 604 g/mol. The quantitative estimate of drug-likeness (QED) is 0.264. The van der Waals surface area contributed by atoms with Crippen LogP contribution >= 0.6 is 11.8 Å². The summed E-state index contributed by atoms with van der Waals surface area (Å²) < 4.78 is 4.08. The summed E-state index contributed by atoms with van der Waals surface area (Å²) >= 11 is 1.66. The van der Waals surface area contributed by atoms with E-state index >= 15 is 0 Å². The summed E-state index contributed by atoms with van der Waals surface area (Å²) in [6.45, 7) is 10.8. The predicted molar refractivity (Wildman–Crippen MR) is 171 cm³/mol. The van der Waals surface area contributed by atoms with E-state index in [1.54, 1.807) is 45.7 Å². The molecule has 0 radical (unpaired) electrons. The first-order valence-corrected chi connectivity index (χ1v) is 15.7. The third kappa shape index (κ3) is 5.27. The second kappa shape index (κ2) is 12.6. The van der Waals surface area contributed by atoms with Gasteiger partial charge in [-0.05, 0) is 69.0 Å². The van der Waals surface area contributed by atoms with Gasteiger partial charge in [0.1, 0.15) is 11.8 Å². The van der Waals surface area contributed by atoms with Gasteiger partial charge in [-0.3, -0.25) is 14.4 Å². The number of aliphatic hydroxyl groups is 1. The van der Waals surface area contributed by atoms with Crippen molar-refractivity contribution in [1.82, 2.24) is 4.90 Å². The summed E-state index contributed by atoms with van der Waals surface area (Å²) in [7, 11) is 1.59. The number of carbonyl (C=O) groups excluding carboxylic acids is 3. The predicted octanol–water partition coefficient (Wildman–Crippen LogP) is 4.69. The second-order valence-corrected chi connectivity index (χ2v) is 13.6. The van der Waals surface area contributed by atoms with Crippen molar-refractivity contribution in [2.45, 2.75) is 48.1 Å². The third-order valence-electron chi connectivity index (χ3n) is 9.19. The van der Waals surface area contributed by atoms with E-state index in [0.717, 1.165) is 12.1 Å². The maximum Gasteiger partial charge on any atom is 0.251 e. The molecule has 3 aliphatic rings. The zero-order valence-electron chi connectivity index (χ0n) is 25.0. The van der Waals surface area contributed by atoms with Crippen LogP contribution in [0.3, 0.4) is 0 Å². The van der Waals surface area contributed by atoms with Crippen LogP contribution in [0.2, 0.25) is 0 Å². The number of nitrogens with zero attached hydrogens (tertiary/aromatic N) is 3. The molecule has 0 aromatic heterocycles. The molecule has 2 aromatic carbocycles. The van der Waals surface area contributed by atoms with Crippen LogP contribution in [0, 0.1) is 11.8 Å². The Bertz CT molecular complexity index is 1370. The van der Waals surface area contributed by atoms with Crippen molar-refractivity contribution in [1.29, 1.82) is 0 Å². The highest BCUT2D eigenvalue weighted by molar-refractivity contribution is 8.02. The molecule has 228 valence electrons. The largest absolute Gasteiger partial charge is 0.497 e. The molecule has 3 heterocycles. The number of hydrogen-bond donors (Lipinski definition) is 1. The lowest BCUT2D eigenvalue weighted by Crippen LogP contribution is -2.55. The molecular weight excluding hydrogens is 562 g/mol. The number of anilines is 2. The number of unbranched alkanes of at least 4 members (excludes halogenated alkanes) is 1. The van der Waals surface area contributed by atoms with Gasteiger partial charge in [-0.25, -0.2) is 0 Å². The molecular formula is C34H41N3O5S. The number of carbonyl (C=O) groups is 3. The van der Waals surface area contributed by atoms with Crippen LogP contribution in [0.25, 0.3) is 0 Å². The van der Waals surface area contributed by atoms with Crippen molar-refractivity contribution in [3.63, 3.8) is 0 Å². The Morgan fingerprint density at radius 2 is 1.63 bits per heavy atom. The van der Waals surface area contributed by atoms with Gasteiger partial charge in [0.2, 0.25) is 11.8 Å². The molecule has 0 saturated carbocycles. The minimum absolute atomic E-state index is 0.00513. The molecule has 0 aliphatic carbocycles. The number of para-hydroxylation sites is 1. The molecule has 5 rings (SSSR count). The first-order valence-electron chi connectivity index (χ1n) is 14.9. The van der Waals surface area contributed by atoms with Crippen molar-refractivity contribution in [2.75, 3.05) is 43.2 Å². The highest BCUT2D eigenvalue weighted by Crippen LogP contribution is 2.71. The SMILES string of the molecule is C=CCN(C(=O)C1N(CCCCO)C(=O)[C@@H]2[C@H](C(=O)N(CC=C)c3ccccc3)[C@]3(C)CCC12S3)c1ccc(OC)cc1. The fraction of sp³-hybridized carbons (Fsp3) is 0.441. The number of fused-ring (bicyclic) bond motifs is 1. The highest BCUT2D eigenvalue weighted by atomic mass is 32.2. The molecule has 1 spiro atoms. The van der Waals surface area contributed by atoms with Gasteiger partial charge in [-0.15, -0.1) is 24.9 Å². The van der Waals surface area contributed by atoms with E-state index in [4.69, 9.17) is 4.74 Å². The summed E-state index contributed by atoms with van der Waals surface area (Å²) in [5.41, 5.74) is 1.44. The maximum absolute atomic E-state index is 14.7. The number of ether oxygens (including phenoxy) is 1. The van der Waals surface area contributed by atoms with E-state index < -0.39 is 27.4 Å². The Balaban J connectivity index is 1.57. The van der Waals surface area contributed by atoms with Crippen molar-refractivity contribution in [3.05, 3.63) is 79.9 Å². The second-order valence-electron chi connectivity index (χ2n) is 11.7. The molecule has 43 heavy (non-hydrogen) atoms. The van der Waals surface area contributed by atoms with Crippen LogP contribution in [0.5, 0.6) is 5.75 Å². The van der Waals surface area contributed by atoms with E-state index in [1.165, 1.54) is 0 Å². The van der Waals surface area contributed by atoms with Gasteiger partial charge in [0, 0.05) is 42.4 Å². The van der Waals surface area contributed by atoms with Crippen molar-refractivity contribution in [3.8, 4) is 5.75 Å². The van der Waals surface area contributed by atoms with E-state index in [9.17, 15) is 19.5 Å². The molecule has 3 aliphatic heterocycles. The van der Waals surface area contributed by atoms with Gasteiger partial charge in [0.25, 0.3) is 5.91 Å². The van der Waals surface area contributed by atoms with Gasteiger partial charge >= 0.3 is 0 Å². The van der Waals surface area contributed by atoms with Gasteiger partial charge in [0.15, 0.2) is 0 Å². The summed E-state index contributed by atoms with van der Waals surface area (Å²) in [6.07, 6.45) is 5.86. The molecule has 5 atom stereocenters. The highest BCUT2D eigenvalue weighted by Gasteiger charge is 2.77. The zero-order chi connectivity index (χ0) is 30.8. The fourth-order valence-electron chi connectivity index (χ4n) is 7.30. The molecule has 3 saturated heterocycles. The minimum Gasteiger partial charge on any atom is -0.497 e. The number of amides is 3. The first kappa shape index (κ1) is 30.9. The van der Waals surface area contributed by atoms with E-state index in [0.29, 0.717) is 43.8 Å². The van der Waals surface area contributed by atoms with Crippen LogP contribution < -0.4 is 14.5 Å². The van der Waals surface area contributed by atoms with Crippen molar-refractivity contribution < 1.29 is 24.2 Å². The Hall–Kier alpha value is -3.56. The normalized spacial score (nSPS) is 27.1. The van der Waals surface area contributed by atoms with Crippen molar-refractivity contribution >= 4 is 40.9 Å². The molecule has 3 fully saturated rings. The van der Waals surface area contributed by atoms with E-state index in [1.807, 2.05) is 54.6 Å². The minimum atomic E-state index is -0.750. The van der Waals surface area contributed by atoms with Gasteiger partial charge in [-0.2, -0.15) is 0 Å². The van der Waals surface area contributed by atoms with E-state index in [2.05, 4.69) is 20.1 Å². The van der Waals surface area contributed by atoms with Crippen molar-refractivity contribution in [2.24, 2.45) is 11.8 Å². The summed E-state index contributed by atoms with van der Waals surface area (Å²) in [6, 6.07) is 16.0. The summed E-state index contributed by atoms with van der Waals surface area (Å²) in [5, 5.41) is 9.50. The Labute approximate surface area is 258 Å². The lowest BCUT2D eigenvalue weighted by molar-refractivity contribution is -0.139. The molecule has 9 heteroatoms. The number of benzene rings is 2. The lowest BCUT2D eigenvalue weighted by Gasteiger charge is -2.38. The van der Waals surface area contributed by atoms with Gasteiger partial charge < -0.3 is 24.5 Å². The Morgan fingerprint density at radius 1 is 1.00 bits per heavy atom. The molecule has 2 aromatic rings. The van der Waals surface area contributed by atoms with Crippen LogP contribution in [0.15, 0.2) is 79.9 Å². The zero-order valence-corrected chi connectivity index (χ0v) is 25.8. The van der Waals surface area contributed by atoms with Crippen LogP contribution in [0.1, 0.15) is 32.6 Å². The smallest absolute Gasteiger partial charge is 0.251 e. The topological polar surface area (TPSA) is 90.4 Å². The number of rotatable bonds is 13. The molecule has 1 N–H and O–H groups in total. The Kier molecular flexibility index (Phi) is 9.04. The number of aliphatic hydroxyl groups excluding tert-OH is 1. The maximum atomic E-state index is 14.7. The number of thioether (sulfide) groups is 1. The van der Waals surface area contributed by atoms with Crippen LogP contribution in [-0.4, -0.2) is 76.6 Å². The van der Waals surface area contributed by atoms with E-state index in [-0.39, 0.29) is 30.9 Å². The first-order chi connectivity index (χ1) is 20.8. The number of methoxy groups -OCH3 is 1. The summed E-state index contributed by atoms with van der Waals surface area (Å²) in [5.74, 6) is -0.985. The van der Waals surface area contributed by atoms with Gasteiger partial charge in [-0.1, -0.05) is 30.4 Å². The van der Waals surface area contributed by atoms with Crippen LogP contribution in [0.4, 0.5) is 11.4 Å². The molecule has 2 unspecified atom stereocenters. The summed E-state index contributed by atoms with van der Waals surface area (Å²) in [4.78, 5) is 48.9. The Morgan fingerprint density at radius 3 is 2.23 bits per heavy atom. The standard InChI is InChI=1S/C34H41N3O5S/c1-5-20-35(24-12-8-7-9-13-24)30(39)27-28-31(40)37(22-10-11-23-38)29(34(28)19-18-33(27,3)43-34)32(41)36(21-6-2)25-14-16-26(42-4)17-15-25/h5-9,12-17,27-29,38H,1-2,10-11,18-23H2,3-4H3/t27-,28+,29?,33+,34?/m1/s1. The fourth-order valence-corrected chi connectivity index (χ4v) is 9.65. The van der Waals surface area contributed by atoms with Gasteiger partial charge in [0.05, 0.1) is 23.7 Å². The lowest BCUT2D eigenvalue weighted by atomic mass is 9.66. The average Bonchev–Trinajstić information content (AvgIpc) is 3.59.